The summed E-state index contributed by atoms with van der Waals surface area (Å²) in [5, 5.41) is 0. The standard InChI is InChI=1S/C15H15BrFNO/c1-9-3-6-14(19-2)11(7-9)15(18)10-4-5-12(16)13(17)8-10/h3-8,15H,18H2,1-2H3. The van der Waals surface area contributed by atoms with E-state index in [0.717, 1.165) is 11.1 Å². The highest BCUT2D eigenvalue weighted by Crippen LogP contribution is 2.30. The second kappa shape index (κ2) is 5.72. The van der Waals surface area contributed by atoms with Crippen LogP contribution in [0.25, 0.3) is 0 Å². The Bertz CT molecular complexity index is 601. The number of rotatable bonds is 3. The fourth-order valence-corrected chi connectivity index (χ4v) is 2.23. The fourth-order valence-electron chi connectivity index (χ4n) is 1.98. The van der Waals surface area contributed by atoms with Gasteiger partial charge >= 0.3 is 0 Å². The van der Waals surface area contributed by atoms with Gasteiger partial charge < -0.3 is 10.5 Å². The van der Waals surface area contributed by atoms with Crippen molar-refractivity contribution in [2.45, 2.75) is 13.0 Å². The molecule has 0 bridgehead atoms. The molecule has 1 unspecified atom stereocenters. The molecule has 0 fully saturated rings. The number of ether oxygens (including phenoxy) is 1. The van der Waals surface area contributed by atoms with Crippen LogP contribution < -0.4 is 10.5 Å². The first-order valence-corrected chi connectivity index (χ1v) is 6.67. The molecule has 0 amide bonds. The number of hydrogen-bond acceptors (Lipinski definition) is 2. The Labute approximate surface area is 120 Å². The van der Waals surface area contributed by atoms with E-state index in [-0.39, 0.29) is 5.82 Å². The van der Waals surface area contributed by atoms with Gasteiger partial charge in [-0.1, -0.05) is 23.8 Å². The maximum Gasteiger partial charge on any atom is 0.137 e. The van der Waals surface area contributed by atoms with E-state index in [1.165, 1.54) is 6.07 Å². The van der Waals surface area contributed by atoms with Crippen LogP contribution in [0.15, 0.2) is 40.9 Å². The van der Waals surface area contributed by atoms with Crippen LogP contribution in [0.5, 0.6) is 5.75 Å². The van der Waals surface area contributed by atoms with Crippen LogP contribution in [0, 0.1) is 12.7 Å². The smallest absolute Gasteiger partial charge is 0.137 e. The molecule has 0 radical (unpaired) electrons. The van der Waals surface area contributed by atoms with Gasteiger partial charge in [0.1, 0.15) is 11.6 Å². The van der Waals surface area contributed by atoms with Gasteiger partial charge in [-0.3, -0.25) is 0 Å². The zero-order chi connectivity index (χ0) is 14.0. The van der Waals surface area contributed by atoms with E-state index < -0.39 is 6.04 Å². The lowest BCUT2D eigenvalue weighted by Gasteiger charge is -2.17. The van der Waals surface area contributed by atoms with Crippen molar-refractivity contribution >= 4 is 15.9 Å². The van der Waals surface area contributed by atoms with Gasteiger partial charge in [-0.05, 0) is 46.6 Å². The van der Waals surface area contributed by atoms with E-state index in [4.69, 9.17) is 10.5 Å². The first-order valence-electron chi connectivity index (χ1n) is 5.88. The number of methoxy groups -OCH3 is 1. The van der Waals surface area contributed by atoms with Crippen molar-refractivity contribution in [2.75, 3.05) is 7.11 Å². The maximum atomic E-state index is 13.6. The SMILES string of the molecule is COc1ccc(C)cc1C(N)c1ccc(Br)c(F)c1. The molecule has 0 aliphatic rings. The van der Waals surface area contributed by atoms with Gasteiger partial charge in [-0.15, -0.1) is 0 Å². The van der Waals surface area contributed by atoms with Crippen molar-refractivity contribution < 1.29 is 9.13 Å². The maximum absolute atomic E-state index is 13.6. The van der Waals surface area contributed by atoms with Crippen LogP contribution in [-0.2, 0) is 0 Å². The molecular formula is C15H15BrFNO. The highest BCUT2D eigenvalue weighted by Gasteiger charge is 2.15. The molecule has 2 nitrogen and oxygen atoms in total. The first kappa shape index (κ1) is 14.0. The van der Waals surface area contributed by atoms with Gasteiger partial charge in [0.2, 0.25) is 0 Å². The van der Waals surface area contributed by atoms with E-state index in [9.17, 15) is 4.39 Å². The first-order chi connectivity index (χ1) is 9.02. The van der Waals surface area contributed by atoms with Gasteiger partial charge in [0.25, 0.3) is 0 Å². The summed E-state index contributed by atoms with van der Waals surface area (Å²) in [4.78, 5) is 0. The van der Waals surface area contributed by atoms with Crippen molar-refractivity contribution in [3.63, 3.8) is 0 Å². The Hall–Kier alpha value is -1.39. The minimum Gasteiger partial charge on any atom is -0.496 e. The van der Waals surface area contributed by atoms with Crippen LogP contribution in [0.1, 0.15) is 22.7 Å². The summed E-state index contributed by atoms with van der Waals surface area (Å²) >= 11 is 3.13. The monoisotopic (exact) mass is 323 g/mol. The molecule has 0 saturated carbocycles. The molecule has 2 aromatic carbocycles. The summed E-state index contributed by atoms with van der Waals surface area (Å²) in [6.07, 6.45) is 0. The molecule has 0 aliphatic carbocycles. The fraction of sp³-hybridized carbons (Fsp3) is 0.200. The van der Waals surface area contributed by atoms with Gasteiger partial charge in [-0.2, -0.15) is 0 Å². The lowest BCUT2D eigenvalue weighted by molar-refractivity contribution is 0.407. The average molecular weight is 324 g/mol. The molecule has 4 heteroatoms. The molecule has 0 spiro atoms. The topological polar surface area (TPSA) is 35.2 Å². The summed E-state index contributed by atoms with van der Waals surface area (Å²) in [5.74, 6) is 0.390. The molecule has 1 atom stereocenters. The van der Waals surface area contributed by atoms with Gasteiger partial charge in [0.15, 0.2) is 0 Å². The molecule has 0 heterocycles. The van der Waals surface area contributed by atoms with E-state index in [2.05, 4.69) is 15.9 Å². The lowest BCUT2D eigenvalue weighted by Crippen LogP contribution is -2.13. The van der Waals surface area contributed by atoms with E-state index >= 15 is 0 Å². The molecule has 2 N–H and O–H groups in total. The van der Waals surface area contributed by atoms with Crippen LogP contribution in [-0.4, -0.2) is 7.11 Å². The van der Waals surface area contributed by atoms with Crippen molar-refractivity contribution in [1.29, 1.82) is 0 Å². The summed E-state index contributed by atoms with van der Waals surface area (Å²) in [5.41, 5.74) is 8.87. The molecule has 0 aliphatic heterocycles. The Balaban J connectivity index is 2.45. The summed E-state index contributed by atoms with van der Waals surface area (Å²) in [6.45, 7) is 1.98. The average Bonchev–Trinajstić information content (AvgIpc) is 2.41. The van der Waals surface area contributed by atoms with E-state index in [1.54, 1.807) is 19.2 Å². The quantitative estimate of drug-likeness (QED) is 0.928. The summed E-state index contributed by atoms with van der Waals surface area (Å²) in [7, 11) is 1.60. The Morgan fingerprint density at radius 3 is 2.58 bits per heavy atom. The summed E-state index contributed by atoms with van der Waals surface area (Å²) < 4.78 is 19.3. The largest absolute Gasteiger partial charge is 0.496 e. The van der Waals surface area contributed by atoms with Gasteiger partial charge in [0, 0.05) is 5.56 Å². The normalized spacial score (nSPS) is 12.3. The highest BCUT2D eigenvalue weighted by molar-refractivity contribution is 9.10. The van der Waals surface area contributed by atoms with Crippen molar-refractivity contribution in [3.05, 3.63) is 63.4 Å². The minimum atomic E-state index is -0.419. The van der Waals surface area contributed by atoms with Crippen molar-refractivity contribution in [2.24, 2.45) is 5.73 Å². The lowest BCUT2D eigenvalue weighted by atomic mass is 9.97. The minimum absolute atomic E-state index is 0.320. The third kappa shape index (κ3) is 2.96. The molecule has 2 rings (SSSR count). The second-order valence-corrected chi connectivity index (χ2v) is 5.25. The number of hydrogen-bond donors (Lipinski definition) is 1. The molecule has 19 heavy (non-hydrogen) atoms. The number of benzene rings is 2. The zero-order valence-corrected chi connectivity index (χ0v) is 12.4. The van der Waals surface area contributed by atoms with Crippen LogP contribution >= 0.6 is 15.9 Å². The van der Waals surface area contributed by atoms with Crippen molar-refractivity contribution in [1.82, 2.24) is 0 Å². The number of halogens is 2. The van der Waals surface area contributed by atoms with Crippen LogP contribution in [0.3, 0.4) is 0 Å². The van der Waals surface area contributed by atoms with E-state index in [1.807, 2.05) is 25.1 Å². The van der Waals surface area contributed by atoms with E-state index in [0.29, 0.717) is 15.8 Å². The summed E-state index contributed by atoms with van der Waals surface area (Å²) in [6, 6.07) is 10.3. The van der Waals surface area contributed by atoms with Gasteiger partial charge in [0.05, 0.1) is 17.6 Å². The number of nitrogens with two attached hydrogens (primary N) is 1. The predicted molar refractivity (Wildman–Crippen MR) is 77.9 cm³/mol. The Kier molecular flexibility index (Phi) is 4.22. The van der Waals surface area contributed by atoms with Crippen LogP contribution in [0.4, 0.5) is 4.39 Å². The highest BCUT2D eigenvalue weighted by atomic mass is 79.9. The van der Waals surface area contributed by atoms with Crippen LogP contribution in [0.2, 0.25) is 0 Å². The second-order valence-electron chi connectivity index (χ2n) is 4.40. The third-order valence-electron chi connectivity index (χ3n) is 3.02. The number of aryl methyl sites for hydroxylation is 1. The molecule has 100 valence electrons. The molecular weight excluding hydrogens is 309 g/mol. The Morgan fingerprint density at radius 2 is 1.95 bits per heavy atom. The molecule has 0 saturated heterocycles. The Morgan fingerprint density at radius 1 is 1.21 bits per heavy atom. The zero-order valence-electron chi connectivity index (χ0n) is 10.8. The third-order valence-corrected chi connectivity index (χ3v) is 3.67. The molecule has 2 aromatic rings. The van der Waals surface area contributed by atoms with Gasteiger partial charge in [-0.25, -0.2) is 4.39 Å². The molecule has 0 aromatic heterocycles. The predicted octanol–water partition coefficient (Wildman–Crippen LogP) is 3.95. The van der Waals surface area contributed by atoms with Crippen molar-refractivity contribution in [3.8, 4) is 5.75 Å².